The van der Waals surface area contributed by atoms with Crippen molar-refractivity contribution in [2.45, 2.75) is 6.92 Å². The minimum absolute atomic E-state index is 0.369. The first-order valence-corrected chi connectivity index (χ1v) is 7.40. The number of hydrogen-bond acceptors (Lipinski definition) is 5. The van der Waals surface area contributed by atoms with Gasteiger partial charge in [0.05, 0.1) is 18.9 Å². The SMILES string of the molecule is CCNC(=S)N/N=C/c1ccc(-c2ccc(C(=O)OC)cc2)o1. The Morgan fingerprint density at radius 2 is 2.04 bits per heavy atom. The van der Waals surface area contributed by atoms with E-state index >= 15 is 0 Å². The van der Waals surface area contributed by atoms with Crippen LogP contribution in [0.5, 0.6) is 0 Å². The van der Waals surface area contributed by atoms with Crippen LogP contribution in [0.4, 0.5) is 0 Å². The summed E-state index contributed by atoms with van der Waals surface area (Å²) in [7, 11) is 1.35. The highest BCUT2D eigenvalue weighted by molar-refractivity contribution is 7.80. The molecule has 0 saturated carbocycles. The molecule has 120 valence electrons. The van der Waals surface area contributed by atoms with Crippen molar-refractivity contribution < 1.29 is 13.9 Å². The van der Waals surface area contributed by atoms with E-state index in [1.165, 1.54) is 13.3 Å². The monoisotopic (exact) mass is 331 g/mol. The van der Waals surface area contributed by atoms with Gasteiger partial charge in [-0.2, -0.15) is 5.10 Å². The number of hydrazone groups is 1. The summed E-state index contributed by atoms with van der Waals surface area (Å²) in [6.07, 6.45) is 1.54. The van der Waals surface area contributed by atoms with Gasteiger partial charge in [-0.15, -0.1) is 0 Å². The van der Waals surface area contributed by atoms with Gasteiger partial charge in [0.25, 0.3) is 0 Å². The Bertz CT molecular complexity index is 708. The van der Waals surface area contributed by atoms with Crippen molar-refractivity contribution >= 4 is 29.5 Å². The zero-order valence-corrected chi connectivity index (χ0v) is 13.6. The number of carbonyl (C=O) groups excluding carboxylic acids is 1. The molecule has 6 nitrogen and oxygen atoms in total. The molecule has 1 aromatic heterocycles. The second-order valence-corrected chi connectivity index (χ2v) is 4.91. The van der Waals surface area contributed by atoms with Gasteiger partial charge in [0.1, 0.15) is 11.5 Å². The fraction of sp³-hybridized carbons (Fsp3) is 0.188. The number of furan rings is 1. The molecule has 23 heavy (non-hydrogen) atoms. The van der Waals surface area contributed by atoms with Gasteiger partial charge in [-0.3, -0.25) is 5.43 Å². The molecule has 2 N–H and O–H groups in total. The van der Waals surface area contributed by atoms with Crippen LogP contribution < -0.4 is 10.7 Å². The van der Waals surface area contributed by atoms with Crippen LogP contribution in [-0.2, 0) is 4.74 Å². The molecule has 7 heteroatoms. The third kappa shape index (κ3) is 4.65. The second kappa shape index (κ2) is 8.09. The molecule has 1 aromatic carbocycles. The number of thiocarbonyl (C=S) groups is 1. The van der Waals surface area contributed by atoms with Gasteiger partial charge in [0, 0.05) is 12.1 Å². The maximum absolute atomic E-state index is 11.4. The van der Waals surface area contributed by atoms with Gasteiger partial charge in [-0.1, -0.05) is 12.1 Å². The van der Waals surface area contributed by atoms with Gasteiger partial charge >= 0.3 is 5.97 Å². The fourth-order valence-corrected chi connectivity index (χ4v) is 2.02. The van der Waals surface area contributed by atoms with E-state index in [1.807, 2.05) is 13.0 Å². The summed E-state index contributed by atoms with van der Waals surface area (Å²) in [4.78, 5) is 11.4. The number of hydrogen-bond donors (Lipinski definition) is 2. The molecule has 2 rings (SSSR count). The molecule has 2 aromatic rings. The van der Waals surface area contributed by atoms with Gasteiger partial charge in [-0.25, -0.2) is 4.79 Å². The van der Waals surface area contributed by atoms with Crippen LogP contribution in [0.3, 0.4) is 0 Å². The van der Waals surface area contributed by atoms with Crippen molar-refractivity contribution in [1.29, 1.82) is 0 Å². The molecule has 0 aliphatic rings. The van der Waals surface area contributed by atoms with Crippen molar-refractivity contribution in [2.24, 2.45) is 5.10 Å². The van der Waals surface area contributed by atoms with E-state index in [9.17, 15) is 4.79 Å². The zero-order valence-electron chi connectivity index (χ0n) is 12.8. The summed E-state index contributed by atoms with van der Waals surface area (Å²) in [5, 5.41) is 7.35. The lowest BCUT2D eigenvalue weighted by atomic mass is 10.1. The van der Waals surface area contributed by atoms with Gasteiger partial charge in [0.15, 0.2) is 5.11 Å². The van der Waals surface area contributed by atoms with Crippen LogP contribution in [-0.4, -0.2) is 31.0 Å². The lowest BCUT2D eigenvalue weighted by Crippen LogP contribution is -2.31. The Morgan fingerprint density at radius 3 is 2.70 bits per heavy atom. The molecule has 0 unspecified atom stereocenters. The van der Waals surface area contributed by atoms with Crippen molar-refractivity contribution in [3.8, 4) is 11.3 Å². The predicted octanol–water partition coefficient (Wildman–Crippen LogP) is 2.55. The van der Waals surface area contributed by atoms with Gasteiger partial charge < -0.3 is 14.5 Å². The molecule has 0 aliphatic carbocycles. The fourth-order valence-electron chi connectivity index (χ4n) is 1.82. The van der Waals surface area contributed by atoms with Crippen molar-refractivity contribution in [3.05, 3.63) is 47.7 Å². The summed E-state index contributed by atoms with van der Waals surface area (Å²) < 4.78 is 10.3. The third-order valence-electron chi connectivity index (χ3n) is 2.91. The molecule has 0 bridgehead atoms. The summed E-state index contributed by atoms with van der Waals surface area (Å²) in [6, 6.07) is 10.6. The largest absolute Gasteiger partial charge is 0.465 e. The Hall–Kier alpha value is -2.67. The number of nitrogens with one attached hydrogen (secondary N) is 2. The van der Waals surface area contributed by atoms with Crippen molar-refractivity contribution in [2.75, 3.05) is 13.7 Å². The third-order valence-corrected chi connectivity index (χ3v) is 3.15. The Kier molecular flexibility index (Phi) is 5.87. The topological polar surface area (TPSA) is 75.9 Å². The first-order chi connectivity index (χ1) is 11.1. The number of nitrogens with zero attached hydrogens (tertiary/aromatic N) is 1. The van der Waals surface area contributed by atoms with Crippen LogP contribution in [0.25, 0.3) is 11.3 Å². The van der Waals surface area contributed by atoms with E-state index < -0.39 is 0 Å². The lowest BCUT2D eigenvalue weighted by molar-refractivity contribution is 0.0601. The summed E-state index contributed by atoms with van der Waals surface area (Å²) in [5.74, 6) is 0.896. The Balaban J connectivity index is 2.03. The first-order valence-electron chi connectivity index (χ1n) is 6.99. The molecule has 0 saturated heterocycles. The highest BCUT2D eigenvalue weighted by Crippen LogP contribution is 2.22. The average Bonchev–Trinajstić information content (AvgIpc) is 3.03. The van der Waals surface area contributed by atoms with Crippen molar-refractivity contribution in [3.63, 3.8) is 0 Å². The molecule has 0 fully saturated rings. The molecule has 1 heterocycles. The summed E-state index contributed by atoms with van der Waals surface area (Å²) in [6.45, 7) is 2.68. The number of carbonyl (C=O) groups is 1. The van der Waals surface area contributed by atoms with Crippen LogP contribution >= 0.6 is 12.2 Å². The smallest absolute Gasteiger partial charge is 0.337 e. The molecule has 0 amide bonds. The van der Waals surface area contributed by atoms with E-state index in [0.717, 1.165) is 12.1 Å². The quantitative estimate of drug-likeness (QED) is 0.379. The van der Waals surface area contributed by atoms with Gasteiger partial charge in [-0.05, 0) is 43.4 Å². The highest BCUT2D eigenvalue weighted by atomic mass is 32.1. The normalized spacial score (nSPS) is 10.5. The maximum Gasteiger partial charge on any atom is 0.337 e. The molecular formula is C16H17N3O3S. The van der Waals surface area contributed by atoms with Crippen LogP contribution in [0.15, 0.2) is 45.9 Å². The standard InChI is InChI=1S/C16H17N3O3S/c1-3-17-16(23)19-18-10-13-8-9-14(22-13)11-4-6-12(7-5-11)15(20)21-2/h4-10H,3H2,1-2H3,(H2,17,19,23)/b18-10+. The first kappa shape index (κ1) is 16.7. The number of rotatable bonds is 5. The van der Waals surface area contributed by atoms with E-state index in [2.05, 4.69) is 20.6 Å². The Morgan fingerprint density at radius 1 is 1.30 bits per heavy atom. The molecule has 0 atom stereocenters. The van der Waals surface area contributed by atoms with Crippen LogP contribution in [0, 0.1) is 0 Å². The number of benzene rings is 1. The van der Waals surface area contributed by atoms with E-state index in [4.69, 9.17) is 16.6 Å². The Labute approximate surface area is 139 Å². The number of methoxy groups -OCH3 is 1. The summed E-state index contributed by atoms with van der Waals surface area (Å²) in [5.41, 5.74) is 4.03. The molecule has 0 radical (unpaired) electrons. The maximum atomic E-state index is 11.4. The van der Waals surface area contributed by atoms with E-state index in [1.54, 1.807) is 30.3 Å². The molecule has 0 aliphatic heterocycles. The van der Waals surface area contributed by atoms with Crippen LogP contribution in [0.1, 0.15) is 23.0 Å². The zero-order chi connectivity index (χ0) is 16.7. The number of esters is 1. The minimum atomic E-state index is -0.369. The van der Waals surface area contributed by atoms with Crippen molar-refractivity contribution in [1.82, 2.24) is 10.7 Å². The minimum Gasteiger partial charge on any atom is -0.465 e. The van der Waals surface area contributed by atoms with Gasteiger partial charge in [0.2, 0.25) is 0 Å². The second-order valence-electron chi connectivity index (χ2n) is 4.50. The van der Waals surface area contributed by atoms with Crippen LogP contribution in [0.2, 0.25) is 0 Å². The number of ether oxygens (including phenoxy) is 1. The summed E-state index contributed by atoms with van der Waals surface area (Å²) >= 11 is 4.99. The van der Waals surface area contributed by atoms with E-state index in [0.29, 0.717) is 22.2 Å². The molecule has 0 spiro atoms. The average molecular weight is 331 g/mol. The van der Waals surface area contributed by atoms with E-state index in [-0.39, 0.29) is 5.97 Å². The predicted molar refractivity (Wildman–Crippen MR) is 92.5 cm³/mol. The lowest BCUT2D eigenvalue weighted by Gasteiger charge is -2.02. The highest BCUT2D eigenvalue weighted by Gasteiger charge is 2.07. The molecular weight excluding hydrogens is 314 g/mol.